The van der Waals surface area contributed by atoms with Crippen molar-refractivity contribution in [3.8, 4) is 5.75 Å². The average Bonchev–Trinajstić information content (AvgIpc) is 2.71. The van der Waals surface area contributed by atoms with Crippen molar-refractivity contribution < 1.29 is 14.4 Å². The third-order valence-electron chi connectivity index (χ3n) is 2.97. The van der Waals surface area contributed by atoms with Gasteiger partial charge in [-0.25, -0.2) is 5.06 Å². The van der Waals surface area contributed by atoms with E-state index in [4.69, 9.17) is 9.57 Å². The molecule has 0 radical (unpaired) electrons. The lowest BCUT2D eigenvalue weighted by Crippen LogP contribution is -2.30. The summed E-state index contributed by atoms with van der Waals surface area (Å²) in [4.78, 5) is 17.0. The number of hydrogen-bond donors (Lipinski definition) is 0. The first-order chi connectivity index (χ1) is 8.11. The molecule has 0 spiro atoms. The molecule has 1 fully saturated rings. The monoisotopic (exact) mass is 235 g/mol. The summed E-state index contributed by atoms with van der Waals surface area (Å²) in [5, 5.41) is 1.45. The van der Waals surface area contributed by atoms with Gasteiger partial charge < -0.3 is 4.74 Å². The zero-order valence-corrected chi connectivity index (χ0v) is 10.3. The van der Waals surface area contributed by atoms with Gasteiger partial charge in [0.05, 0.1) is 13.2 Å². The van der Waals surface area contributed by atoms with E-state index >= 15 is 0 Å². The number of amides is 1. The molecule has 92 valence electrons. The highest BCUT2D eigenvalue weighted by atomic mass is 16.7. The van der Waals surface area contributed by atoms with Crippen molar-refractivity contribution >= 4 is 5.91 Å². The number of methoxy groups -OCH3 is 1. The number of carbonyl (C=O) groups excluding carboxylic acids is 1. The van der Waals surface area contributed by atoms with Gasteiger partial charge in [0.2, 0.25) is 5.91 Å². The highest BCUT2D eigenvalue weighted by Gasteiger charge is 2.33. The van der Waals surface area contributed by atoms with Crippen LogP contribution in [0.25, 0.3) is 0 Å². The molecular formula is C13H17NO3. The Bertz CT molecular complexity index is 419. The van der Waals surface area contributed by atoms with Crippen LogP contribution < -0.4 is 4.74 Å². The molecule has 1 aromatic carbocycles. The van der Waals surface area contributed by atoms with Gasteiger partial charge in [-0.15, -0.1) is 0 Å². The molecule has 1 heterocycles. The first kappa shape index (κ1) is 11.9. The number of benzene rings is 1. The summed E-state index contributed by atoms with van der Waals surface area (Å²) in [7, 11) is 1.64. The fourth-order valence-corrected chi connectivity index (χ4v) is 2.11. The van der Waals surface area contributed by atoms with Gasteiger partial charge in [-0.05, 0) is 24.6 Å². The molecule has 1 saturated heterocycles. The van der Waals surface area contributed by atoms with E-state index in [1.807, 2.05) is 31.2 Å². The second-order valence-corrected chi connectivity index (χ2v) is 4.30. The van der Waals surface area contributed by atoms with E-state index < -0.39 is 0 Å². The van der Waals surface area contributed by atoms with Gasteiger partial charge in [0.15, 0.2) is 0 Å². The van der Waals surface area contributed by atoms with Crippen LogP contribution in [0.5, 0.6) is 5.75 Å². The van der Waals surface area contributed by atoms with Gasteiger partial charge in [-0.2, -0.15) is 0 Å². The molecule has 17 heavy (non-hydrogen) atoms. The Labute approximate surface area is 101 Å². The first-order valence-electron chi connectivity index (χ1n) is 5.72. The molecule has 4 nitrogen and oxygen atoms in total. The molecule has 2 atom stereocenters. The topological polar surface area (TPSA) is 38.8 Å². The van der Waals surface area contributed by atoms with Crippen LogP contribution in [0.4, 0.5) is 0 Å². The minimum Gasteiger partial charge on any atom is -0.497 e. The minimum absolute atomic E-state index is 0.0529. The lowest BCUT2D eigenvalue weighted by Gasteiger charge is -2.17. The van der Waals surface area contributed by atoms with Crippen molar-refractivity contribution in [1.82, 2.24) is 5.06 Å². The third kappa shape index (κ3) is 2.42. The molecule has 1 aliphatic heterocycles. The second kappa shape index (κ2) is 4.75. The summed E-state index contributed by atoms with van der Waals surface area (Å²) in [6.07, 6.45) is 0.747. The van der Waals surface area contributed by atoms with E-state index in [2.05, 4.69) is 0 Å². The molecule has 1 aromatic rings. The lowest BCUT2D eigenvalue weighted by molar-refractivity contribution is -0.185. The van der Waals surface area contributed by atoms with E-state index in [0.717, 1.165) is 17.7 Å². The van der Waals surface area contributed by atoms with E-state index in [1.54, 1.807) is 7.11 Å². The average molecular weight is 235 g/mol. The lowest BCUT2D eigenvalue weighted by atomic mass is 10.0. The summed E-state index contributed by atoms with van der Waals surface area (Å²) in [5.74, 6) is 0.753. The van der Waals surface area contributed by atoms with Crippen LogP contribution in [0.15, 0.2) is 24.3 Å². The quantitative estimate of drug-likeness (QED) is 0.789. The summed E-state index contributed by atoms with van der Waals surface area (Å²) in [6.45, 7) is 3.51. The maximum absolute atomic E-state index is 11.3. The highest BCUT2D eigenvalue weighted by Crippen LogP contribution is 2.34. The fraction of sp³-hybridized carbons (Fsp3) is 0.462. The van der Waals surface area contributed by atoms with Crippen LogP contribution in [0.3, 0.4) is 0 Å². The van der Waals surface area contributed by atoms with Crippen LogP contribution in [0, 0.1) is 0 Å². The van der Waals surface area contributed by atoms with E-state index in [1.165, 1.54) is 12.0 Å². The van der Waals surface area contributed by atoms with Crippen LogP contribution in [0.2, 0.25) is 0 Å². The van der Waals surface area contributed by atoms with Gasteiger partial charge in [0, 0.05) is 13.3 Å². The largest absolute Gasteiger partial charge is 0.497 e. The Morgan fingerprint density at radius 3 is 2.88 bits per heavy atom. The Morgan fingerprint density at radius 2 is 2.29 bits per heavy atom. The van der Waals surface area contributed by atoms with Gasteiger partial charge in [0.25, 0.3) is 0 Å². The van der Waals surface area contributed by atoms with Gasteiger partial charge in [-0.1, -0.05) is 12.1 Å². The Morgan fingerprint density at radius 1 is 1.53 bits per heavy atom. The van der Waals surface area contributed by atoms with Crippen LogP contribution in [0.1, 0.15) is 31.9 Å². The molecule has 0 N–H and O–H groups in total. The van der Waals surface area contributed by atoms with Gasteiger partial charge >= 0.3 is 0 Å². The molecule has 1 amide bonds. The maximum Gasteiger partial charge on any atom is 0.243 e. The first-order valence-corrected chi connectivity index (χ1v) is 5.72. The number of nitrogens with zero attached hydrogens (tertiary/aromatic N) is 1. The zero-order valence-electron chi connectivity index (χ0n) is 10.3. The van der Waals surface area contributed by atoms with E-state index in [0.29, 0.717) is 0 Å². The van der Waals surface area contributed by atoms with E-state index in [9.17, 15) is 4.79 Å². The van der Waals surface area contributed by atoms with Crippen molar-refractivity contribution in [2.24, 2.45) is 0 Å². The predicted molar refractivity (Wildman–Crippen MR) is 63.4 cm³/mol. The molecule has 0 aromatic heterocycles. The number of ether oxygens (including phenoxy) is 1. The van der Waals surface area contributed by atoms with Crippen molar-refractivity contribution in [3.63, 3.8) is 0 Å². The van der Waals surface area contributed by atoms with Crippen LogP contribution in [-0.2, 0) is 9.63 Å². The Hall–Kier alpha value is -1.55. The second-order valence-electron chi connectivity index (χ2n) is 4.30. The molecule has 0 unspecified atom stereocenters. The van der Waals surface area contributed by atoms with Crippen LogP contribution >= 0.6 is 0 Å². The summed E-state index contributed by atoms with van der Waals surface area (Å²) in [6, 6.07) is 7.87. The fourth-order valence-electron chi connectivity index (χ4n) is 2.11. The highest BCUT2D eigenvalue weighted by molar-refractivity contribution is 5.72. The van der Waals surface area contributed by atoms with Crippen molar-refractivity contribution in [2.45, 2.75) is 32.4 Å². The zero-order chi connectivity index (χ0) is 12.4. The standard InChI is InChI=1S/C13H17NO3/c1-9-7-13(17-14(9)10(2)15)11-5-4-6-12(8-11)16-3/h4-6,8-9,13H,7H2,1-3H3/t9-,13-/m0/s1. The summed E-state index contributed by atoms with van der Waals surface area (Å²) < 4.78 is 5.18. The van der Waals surface area contributed by atoms with E-state index in [-0.39, 0.29) is 18.1 Å². The number of carbonyl (C=O) groups is 1. The summed E-state index contributed by atoms with van der Waals surface area (Å²) in [5.41, 5.74) is 1.04. The normalized spacial score (nSPS) is 23.8. The smallest absolute Gasteiger partial charge is 0.243 e. The minimum atomic E-state index is -0.0657. The van der Waals surface area contributed by atoms with Crippen molar-refractivity contribution in [1.29, 1.82) is 0 Å². The number of hydrogen-bond acceptors (Lipinski definition) is 3. The molecule has 2 rings (SSSR count). The van der Waals surface area contributed by atoms with Crippen LogP contribution in [-0.4, -0.2) is 24.1 Å². The van der Waals surface area contributed by atoms with Gasteiger partial charge in [-0.3, -0.25) is 9.63 Å². The molecule has 0 aliphatic carbocycles. The Kier molecular flexibility index (Phi) is 3.33. The molecule has 4 heteroatoms. The van der Waals surface area contributed by atoms with Crippen molar-refractivity contribution in [3.05, 3.63) is 29.8 Å². The number of hydroxylamine groups is 2. The number of rotatable bonds is 2. The summed E-state index contributed by atoms with van der Waals surface area (Å²) >= 11 is 0. The molecular weight excluding hydrogens is 218 g/mol. The molecule has 1 aliphatic rings. The maximum atomic E-state index is 11.3. The van der Waals surface area contributed by atoms with Gasteiger partial charge in [0.1, 0.15) is 11.9 Å². The molecule has 0 saturated carbocycles. The van der Waals surface area contributed by atoms with Crippen molar-refractivity contribution in [2.75, 3.05) is 7.11 Å². The SMILES string of the molecule is COc1cccc([C@@H]2C[C@H](C)N(C(C)=O)O2)c1. The Balaban J connectivity index is 2.16. The predicted octanol–water partition coefficient (Wildman–Crippen LogP) is 2.31. The third-order valence-corrected chi connectivity index (χ3v) is 2.97. The molecule has 0 bridgehead atoms.